The molecule has 1 N–H and O–H groups in total. The maximum atomic E-state index is 11.8. The molecule has 0 saturated carbocycles. The van der Waals surface area contributed by atoms with E-state index in [1.54, 1.807) is 23.1 Å². The highest BCUT2D eigenvalue weighted by Gasteiger charge is 2.26. The van der Waals surface area contributed by atoms with Crippen molar-refractivity contribution in [1.82, 2.24) is 9.80 Å². The van der Waals surface area contributed by atoms with Crippen molar-refractivity contribution in [3.8, 4) is 6.07 Å². The predicted molar refractivity (Wildman–Crippen MR) is 66.2 cm³/mol. The van der Waals surface area contributed by atoms with E-state index in [-0.39, 0.29) is 12.5 Å². The van der Waals surface area contributed by atoms with Crippen molar-refractivity contribution in [3.05, 3.63) is 35.4 Å². The van der Waals surface area contributed by atoms with Gasteiger partial charge in [0, 0.05) is 19.6 Å². The van der Waals surface area contributed by atoms with Gasteiger partial charge in [0.05, 0.1) is 11.6 Å². The Hall–Kier alpha value is -2.55. The van der Waals surface area contributed by atoms with Crippen LogP contribution in [-0.4, -0.2) is 46.5 Å². The lowest BCUT2D eigenvalue weighted by molar-refractivity contribution is -0.135. The summed E-state index contributed by atoms with van der Waals surface area (Å²) < 4.78 is 0. The fourth-order valence-electron chi connectivity index (χ4n) is 2.00. The van der Waals surface area contributed by atoms with Crippen LogP contribution >= 0.6 is 0 Å². The second kappa shape index (κ2) is 5.40. The summed E-state index contributed by atoms with van der Waals surface area (Å²) >= 11 is 0. The normalized spacial score (nSPS) is 15.2. The maximum absolute atomic E-state index is 11.8. The Labute approximate surface area is 110 Å². The van der Waals surface area contributed by atoms with Crippen LogP contribution in [0.25, 0.3) is 0 Å². The summed E-state index contributed by atoms with van der Waals surface area (Å²) in [6, 6.07) is 9.10. The van der Waals surface area contributed by atoms with Crippen LogP contribution in [0.5, 0.6) is 0 Å². The summed E-state index contributed by atoms with van der Waals surface area (Å²) in [5.41, 5.74) is 1.42. The molecule has 0 spiro atoms. The Bertz CT molecular complexity index is 550. The van der Waals surface area contributed by atoms with Gasteiger partial charge in [-0.25, -0.2) is 4.79 Å². The number of carboxylic acid groups (broad SMARTS) is 1. The van der Waals surface area contributed by atoms with Crippen molar-refractivity contribution in [3.63, 3.8) is 0 Å². The standard InChI is InChI=1S/C13H13N3O3/c14-7-10-2-1-3-11(6-10)8-15-4-5-16(13(18)19)9-12(15)17/h1-3,6H,4-5,8-9H2,(H,18,19). The second-order valence-electron chi connectivity index (χ2n) is 4.33. The van der Waals surface area contributed by atoms with Crippen LogP contribution in [0.1, 0.15) is 11.1 Å². The molecule has 0 aliphatic carbocycles. The van der Waals surface area contributed by atoms with Gasteiger partial charge < -0.3 is 10.0 Å². The summed E-state index contributed by atoms with van der Waals surface area (Å²) in [5, 5.41) is 17.6. The van der Waals surface area contributed by atoms with E-state index in [9.17, 15) is 9.59 Å². The van der Waals surface area contributed by atoms with Crippen LogP contribution in [0.4, 0.5) is 4.79 Å². The minimum Gasteiger partial charge on any atom is -0.465 e. The molecule has 1 aliphatic rings. The number of nitrogens with zero attached hydrogens (tertiary/aromatic N) is 3. The highest BCUT2D eigenvalue weighted by atomic mass is 16.4. The highest BCUT2D eigenvalue weighted by molar-refractivity contribution is 5.83. The number of benzene rings is 1. The van der Waals surface area contributed by atoms with E-state index >= 15 is 0 Å². The molecule has 1 aliphatic heterocycles. The number of rotatable bonds is 2. The van der Waals surface area contributed by atoms with E-state index in [0.717, 1.165) is 10.5 Å². The average molecular weight is 259 g/mol. The number of amides is 2. The van der Waals surface area contributed by atoms with Gasteiger partial charge in [-0.2, -0.15) is 5.26 Å². The van der Waals surface area contributed by atoms with Crippen molar-refractivity contribution in [2.45, 2.75) is 6.54 Å². The third kappa shape index (κ3) is 3.01. The Balaban J connectivity index is 2.02. The molecule has 1 fully saturated rings. The van der Waals surface area contributed by atoms with Crippen molar-refractivity contribution in [2.75, 3.05) is 19.6 Å². The van der Waals surface area contributed by atoms with Crippen molar-refractivity contribution in [1.29, 1.82) is 5.26 Å². The Morgan fingerprint density at radius 1 is 1.42 bits per heavy atom. The highest BCUT2D eigenvalue weighted by Crippen LogP contribution is 2.11. The first kappa shape index (κ1) is 12.9. The molecule has 0 atom stereocenters. The Morgan fingerprint density at radius 2 is 2.21 bits per heavy atom. The van der Waals surface area contributed by atoms with Gasteiger partial charge >= 0.3 is 6.09 Å². The molecule has 0 aromatic heterocycles. The first-order valence-electron chi connectivity index (χ1n) is 5.85. The average Bonchev–Trinajstić information content (AvgIpc) is 2.41. The molecule has 6 nitrogen and oxygen atoms in total. The zero-order valence-corrected chi connectivity index (χ0v) is 10.2. The maximum Gasteiger partial charge on any atom is 0.407 e. The number of nitriles is 1. The molecule has 2 rings (SSSR count). The van der Waals surface area contributed by atoms with Crippen molar-refractivity contribution >= 4 is 12.0 Å². The van der Waals surface area contributed by atoms with E-state index in [1.165, 1.54) is 0 Å². The monoisotopic (exact) mass is 259 g/mol. The number of carbonyl (C=O) groups is 2. The zero-order chi connectivity index (χ0) is 13.8. The van der Waals surface area contributed by atoms with Crippen LogP contribution in [0.2, 0.25) is 0 Å². The number of piperazine rings is 1. The van der Waals surface area contributed by atoms with Gasteiger partial charge in [-0.15, -0.1) is 0 Å². The van der Waals surface area contributed by atoms with Crippen LogP contribution in [-0.2, 0) is 11.3 Å². The van der Waals surface area contributed by atoms with Gasteiger partial charge in [0.25, 0.3) is 0 Å². The lowest BCUT2D eigenvalue weighted by Gasteiger charge is -2.32. The number of hydrogen-bond donors (Lipinski definition) is 1. The van der Waals surface area contributed by atoms with E-state index in [1.807, 2.05) is 12.1 Å². The summed E-state index contributed by atoms with van der Waals surface area (Å²) in [6.45, 7) is 0.996. The summed E-state index contributed by atoms with van der Waals surface area (Å²) in [4.78, 5) is 25.3. The van der Waals surface area contributed by atoms with Crippen LogP contribution in [0.3, 0.4) is 0 Å². The molecular weight excluding hydrogens is 246 g/mol. The molecule has 0 radical (unpaired) electrons. The van der Waals surface area contributed by atoms with Gasteiger partial charge in [0.15, 0.2) is 0 Å². The minimum atomic E-state index is -1.07. The number of carbonyl (C=O) groups excluding carboxylic acids is 1. The molecule has 0 bridgehead atoms. The first-order valence-corrected chi connectivity index (χ1v) is 5.85. The third-order valence-corrected chi connectivity index (χ3v) is 3.02. The fourth-order valence-corrected chi connectivity index (χ4v) is 2.00. The molecule has 0 unspecified atom stereocenters. The predicted octanol–water partition coefficient (Wildman–Crippen LogP) is 0.880. The largest absolute Gasteiger partial charge is 0.465 e. The summed E-state index contributed by atoms with van der Waals surface area (Å²) in [7, 11) is 0. The first-order chi connectivity index (χ1) is 9.10. The smallest absolute Gasteiger partial charge is 0.407 e. The summed E-state index contributed by atoms with van der Waals surface area (Å²) in [6.07, 6.45) is -1.07. The molecule has 98 valence electrons. The minimum absolute atomic E-state index is 0.104. The molecular formula is C13H13N3O3. The molecule has 19 heavy (non-hydrogen) atoms. The van der Waals surface area contributed by atoms with Gasteiger partial charge in [-0.3, -0.25) is 9.69 Å². The fraction of sp³-hybridized carbons (Fsp3) is 0.308. The Morgan fingerprint density at radius 3 is 2.84 bits per heavy atom. The topological polar surface area (TPSA) is 84.6 Å². The van der Waals surface area contributed by atoms with Crippen LogP contribution in [0.15, 0.2) is 24.3 Å². The Kier molecular flexibility index (Phi) is 3.66. The van der Waals surface area contributed by atoms with E-state index in [4.69, 9.17) is 10.4 Å². The SMILES string of the molecule is N#Cc1cccc(CN2CCN(C(=O)O)CC2=O)c1. The summed E-state index contributed by atoms with van der Waals surface area (Å²) in [5.74, 6) is -0.212. The molecule has 1 aromatic rings. The zero-order valence-electron chi connectivity index (χ0n) is 10.2. The molecule has 2 amide bonds. The van der Waals surface area contributed by atoms with Crippen LogP contribution in [0, 0.1) is 11.3 Å². The van der Waals surface area contributed by atoms with Crippen molar-refractivity contribution < 1.29 is 14.7 Å². The van der Waals surface area contributed by atoms with E-state index in [2.05, 4.69) is 0 Å². The third-order valence-electron chi connectivity index (χ3n) is 3.02. The molecule has 1 saturated heterocycles. The van der Waals surface area contributed by atoms with Gasteiger partial charge in [-0.1, -0.05) is 12.1 Å². The van der Waals surface area contributed by atoms with E-state index in [0.29, 0.717) is 25.2 Å². The van der Waals surface area contributed by atoms with E-state index < -0.39 is 6.09 Å². The van der Waals surface area contributed by atoms with Crippen LogP contribution < -0.4 is 0 Å². The van der Waals surface area contributed by atoms with Gasteiger partial charge in [-0.05, 0) is 17.7 Å². The van der Waals surface area contributed by atoms with Crippen molar-refractivity contribution in [2.24, 2.45) is 0 Å². The molecule has 6 heteroatoms. The quantitative estimate of drug-likeness (QED) is 0.854. The van der Waals surface area contributed by atoms with Gasteiger partial charge in [0.1, 0.15) is 6.54 Å². The molecule has 1 aromatic carbocycles. The lowest BCUT2D eigenvalue weighted by atomic mass is 10.1. The lowest BCUT2D eigenvalue weighted by Crippen LogP contribution is -2.51. The molecule has 1 heterocycles. The van der Waals surface area contributed by atoms with Gasteiger partial charge in [0.2, 0.25) is 5.91 Å². The number of hydrogen-bond acceptors (Lipinski definition) is 3. The second-order valence-corrected chi connectivity index (χ2v) is 4.33.